The number of amides is 3. The number of nitrogens with one attached hydrogen (secondary N) is 3. The Morgan fingerprint density at radius 1 is 1.10 bits per heavy atom. The largest absolute Gasteiger partial charge is 0.493 e. The summed E-state index contributed by atoms with van der Waals surface area (Å²) >= 11 is 0. The molecule has 0 aromatic heterocycles. The lowest BCUT2D eigenvalue weighted by Gasteiger charge is -2.61. The summed E-state index contributed by atoms with van der Waals surface area (Å²) in [5, 5.41) is 20.2. The Bertz CT molecular complexity index is 1620. The first-order valence-electron chi connectivity index (χ1n) is 17.9. The molecule has 5 rings (SSSR count). The van der Waals surface area contributed by atoms with Gasteiger partial charge in [0.2, 0.25) is 11.8 Å². The topological polar surface area (TPSA) is 191 Å². The van der Waals surface area contributed by atoms with Crippen LogP contribution in [0.25, 0.3) is 0 Å². The van der Waals surface area contributed by atoms with E-state index in [0.29, 0.717) is 50.3 Å². The maximum absolute atomic E-state index is 13.4. The van der Waals surface area contributed by atoms with Gasteiger partial charge in [-0.2, -0.15) is 0 Å². The SMILES string of the molecule is COc1ccc2c3c1O[C@H]1C(OC(=O)[C@H](C)OC(=O)[C@H](C)NC(=O)[C@H](CCCCNC(=O)OC(C)(C)C)NC(C)=O)=CC[C@@]4(O)[C@H](C2)N(C)CC[C@]314. The maximum atomic E-state index is 13.4. The van der Waals surface area contributed by atoms with E-state index in [0.717, 1.165) is 11.1 Å². The number of likely N-dealkylation sites (N-methyl/N-ethyl adjacent to an activating group) is 1. The van der Waals surface area contributed by atoms with Gasteiger partial charge in [-0.25, -0.2) is 14.4 Å². The third kappa shape index (κ3) is 7.43. The molecule has 1 spiro atoms. The predicted octanol–water partition coefficient (Wildman–Crippen LogP) is 2.15. The third-order valence-electron chi connectivity index (χ3n) is 10.4. The minimum atomic E-state index is -1.35. The Balaban J connectivity index is 1.18. The number of likely N-dealkylation sites (tertiary alicyclic amines) is 1. The Morgan fingerprint density at radius 2 is 1.83 bits per heavy atom. The molecule has 1 aromatic rings. The molecule has 7 atom stereocenters. The van der Waals surface area contributed by atoms with Crippen molar-refractivity contribution >= 4 is 29.8 Å². The molecule has 0 saturated carbocycles. The van der Waals surface area contributed by atoms with Gasteiger partial charge < -0.3 is 49.6 Å². The zero-order chi connectivity index (χ0) is 38.2. The quantitative estimate of drug-likeness (QED) is 0.132. The first-order valence-corrected chi connectivity index (χ1v) is 17.9. The monoisotopic (exact) mass is 728 g/mol. The van der Waals surface area contributed by atoms with E-state index in [1.54, 1.807) is 34.0 Å². The molecule has 286 valence electrons. The van der Waals surface area contributed by atoms with Crippen molar-refractivity contribution in [2.45, 2.75) is 127 Å². The summed E-state index contributed by atoms with van der Waals surface area (Å²) in [7, 11) is 3.56. The number of alkyl carbamates (subject to hydrolysis) is 1. The highest BCUT2D eigenvalue weighted by Gasteiger charge is 2.72. The van der Waals surface area contributed by atoms with Crippen LogP contribution in [0.4, 0.5) is 4.79 Å². The lowest BCUT2D eigenvalue weighted by atomic mass is 9.50. The highest BCUT2D eigenvalue weighted by atomic mass is 16.6. The zero-order valence-corrected chi connectivity index (χ0v) is 31.3. The van der Waals surface area contributed by atoms with Gasteiger partial charge >= 0.3 is 18.0 Å². The number of nitrogens with zero attached hydrogens (tertiary/aromatic N) is 1. The van der Waals surface area contributed by atoms with Crippen LogP contribution in [-0.2, 0) is 45.2 Å². The minimum absolute atomic E-state index is 0.171. The number of methoxy groups -OCH3 is 1. The van der Waals surface area contributed by atoms with Crippen LogP contribution in [0.3, 0.4) is 0 Å². The van der Waals surface area contributed by atoms with Crippen LogP contribution in [0.2, 0.25) is 0 Å². The number of unbranched alkanes of at least 4 members (excludes halogenated alkanes) is 1. The molecule has 15 nitrogen and oxygen atoms in total. The molecule has 15 heteroatoms. The Hall–Kier alpha value is -4.37. The van der Waals surface area contributed by atoms with Gasteiger partial charge in [-0.1, -0.05) is 6.07 Å². The number of esters is 2. The Kier molecular flexibility index (Phi) is 11.2. The van der Waals surface area contributed by atoms with Crippen LogP contribution in [0.1, 0.15) is 84.8 Å². The molecule has 52 heavy (non-hydrogen) atoms. The normalized spacial score (nSPS) is 25.9. The van der Waals surface area contributed by atoms with E-state index in [1.165, 1.54) is 20.8 Å². The second-order valence-corrected chi connectivity index (χ2v) is 15.2. The van der Waals surface area contributed by atoms with E-state index in [-0.39, 0.29) is 24.6 Å². The summed E-state index contributed by atoms with van der Waals surface area (Å²) in [5.41, 5.74) is -0.725. The Labute approximate surface area is 304 Å². The van der Waals surface area contributed by atoms with Gasteiger partial charge in [-0.05, 0) is 98.0 Å². The fourth-order valence-electron chi connectivity index (χ4n) is 7.98. The lowest BCUT2D eigenvalue weighted by molar-refractivity contribution is -0.176. The molecule has 2 bridgehead atoms. The number of benzene rings is 1. The van der Waals surface area contributed by atoms with Crippen molar-refractivity contribution in [2.75, 3.05) is 27.2 Å². The van der Waals surface area contributed by atoms with Crippen molar-refractivity contribution in [3.05, 3.63) is 35.1 Å². The van der Waals surface area contributed by atoms with Crippen LogP contribution in [0, 0.1) is 0 Å². The lowest BCUT2D eigenvalue weighted by Crippen LogP contribution is -2.74. The number of carbonyl (C=O) groups is 5. The molecular weight excluding hydrogens is 676 g/mol. The molecule has 1 aromatic carbocycles. The molecule has 0 radical (unpaired) electrons. The fourth-order valence-corrected chi connectivity index (χ4v) is 7.98. The minimum Gasteiger partial charge on any atom is -0.493 e. The molecule has 2 heterocycles. The van der Waals surface area contributed by atoms with E-state index in [4.69, 9.17) is 23.7 Å². The van der Waals surface area contributed by atoms with E-state index >= 15 is 0 Å². The van der Waals surface area contributed by atoms with Crippen LogP contribution >= 0.6 is 0 Å². The molecular formula is C37H52N4O11. The van der Waals surface area contributed by atoms with E-state index in [9.17, 15) is 29.1 Å². The molecule has 3 amide bonds. The van der Waals surface area contributed by atoms with Crippen molar-refractivity contribution < 1.29 is 52.8 Å². The maximum Gasteiger partial charge on any atom is 0.407 e. The van der Waals surface area contributed by atoms with Crippen LogP contribution in [0.15, 0.2) is 24.0 Å². The first-order chi connectivity index (χ1) is 24.4. The average molecular weight is 729 g/mol. The molecule has 2 aliphatic carbocycles. The summed E-state index contributed by atoms with van der Waals surface area (Å²) in [6.45, 7) is 10.4. The number of hydrogen-bond acceptors (Lipinski definition) is 12. The van der Waals surface area contributed by atoms with Crippen molar-refractivity contribution in [3.8, 4) is 11.5 Å². The Morgan fingerprint density at radius 3 is 2.50 bits per heavy atom. The molecule has 2 aliphatic heterocycles. The van der Waals surface area contributed by atoms with Crippen molar-refractivity contribution in [2.24, 2.45) is 0 Å². The standard InChI is InChI=1S/C37H52N4O11/c1-20(39-31(43)24(40-22(3)42)11-9-10-17-38-34(46)52-35(4,5)6)32(44)49-21(2)33(45)50-26-14-15-37(47)27-19-23-12-13-25(48-8)29-28(23)36(37,30(26)51-29)16-18-41(27)7/h12-14,20-21,24,27,30,47H,9-11,15-19H2,1-8H3,(H,38,46)(H,39,43)(H,40,42)/t20-,21-,24-,27-,30-,36-,37+/m0/s1. The van der Waals surface area contributed by atoms with Gasteiger partial charge in [-0.3, -0.25) is 9.59 Å². The van der Waals surface area contributed by atoms with Crippen LogP contribution < -0.4 is 25.4 Å². The second kappa shape index (κ2) is 14.9. The average Bonchev–Trinajstić information content (AvgIpc) is 3.41. The van der Waals surface area contributed by atoms with Crippen LogP contribution in [0.5, 0.6) is 11.5 Å². The van der Waals surface area contributed by atoms with Crippen molar-refractivity contribution in [1.82, 2.24) is 20.9 Å². The predicted molar refractivity (Wildman–Crippen MR) is 186 cm³/mol. The number of hydrogen-bond donors (Lipinski definition) is 4. The highest BCUT2D eigenvalue weighted by molar-refractivity contribution is 5.90. The van der Waals surface area contributed by atoms with Gasteiger partial charge in [0, 0.05) is 31.5 Å². The number of carbonyl (C=O) groups excluding carboxylic acids is 5. The van der Waals surface area contributed by atoms with Gasteiger partial charge in [0.05, 0.1) is 18.1 Å². The van der Waals surface area contributed by atoms with Gasteiger partial charge in [0.1, 0.15) is 23.4 Å². The van der Waals surface area contributed by atoms with Crippen LogP contribution in [-0.4, -0.2) is 109 Å². The summed E-state index contributed by atoms with van der Waals surface area (Å²) < 4.78 is 28.6. The van der Waals surface area contributed by atoms with E-state index in [2.05, 4.69) is 20.9 Å². The molecule has 1 saturated heterocycles. The summed E-state index contributed by atoms with van der Waals surface area (Å²) in [6, 6.07) is 1.59. The number of ether oxygens (including phenoxy) is 5. The van der Waals surface area contributed by atoms with E-state index in [1.807, 2.05) is 19.2 Å². The molecule has 1 fully saturated rings. The second-order valence-electron chi connectivity index (χ2n) is 15.2. The van der Waals surface area contributed by atoms with Crippen molar-refractivity contribution in [3.63, 3.8) is 0 Å². The van der Waals surface area contributed by atoms with Gasteiger partial charge in [0.25, 0.3) is 0 Å². The molecule has 4 aliphatic rings. The van der Waals surface area contributed by atoms with E-state index < -0.39 is 70.8 Å². The summed E-state index contributed by atoms with van der Waals surface area (Å²) in [5.74, 6) is -1.46. The van der Waals surface area contributed by atoms with Crippen molar-refractivity contribution in [1.29, 1.82) is 0 Å². The summed E-state index contributed by atoms with van der Waals surface area (Å²) in [6.07, 6.45) is 1.65. The molecule has 4 N–H and O–H groups in total. The molecule has 0 unspecified atom stereocenters. The number of piperidine rings is 1. The smallest absolute Gasteiger partial charge is 0.407 e. The number of aliphatic hydroxyl groups is 1. The zero-order valence-electron chi connectivity index (χ0n) is 31.3. The highest BCUT2D eigenvalue weighted by Crippen LogP contribution is 2.65. The first kappa shape index (κ1) is 38.9. The fraction of sp³-hybridized carbons (Fsp3) is 0.649. The summed E-state index contributed by atoms with van der Waals surface area (Å²) in [4.78, 5) is 65.3. The van der Waals surface area contributed by atoms with Gasteiger partial charge in [0.15, 0.2) is 23.7 Å². The number of rotatable bonds is 13. The van der Waals surface area contributed by atoms with Gasteiger partial charge in [-0.15, -0.1) is 0 Å². The third-order valence-corrected chi connectivity index (χ3v) is 10.4.